The summed E-state index contributed by atoms with van der Waals surface area (Å²) in [7, 11) is 1.31. The zero-order chi connectivity index (χ0) is 87.3. The Balaban J connectivity index is 1.19. The highest BCUT2D eigenvalue weighted by atomic mass is 32.2. The zero-order valence-corrected chi connectivity index (χ0v) is 68.6. The molecule has 33 nitrogen and oxygen atoms in total. The van der Waals surface area contributed by atoms with Gasteiger partial charge in [0.1, 0.15) is 83.7 Å². The van der Waals surface area contributed by atoms with Gasteiger partial charge in [0.2, 0.25) is 82.7 Å². The first kappa shape index (κ1) is 92.7. The normalized spacial score (nSPS) is 22.1. The SMILES string of the molecule is CC(C)CC1NC(=O)C(Cc2ccc(O)cc2)NC(=O)C(Cc2ccccc2)NC(=O)CSCC(C(=O)NCC(N)=O)NC(=O)C(CC(C)C)NC(=O)C(Cc2ccccc2)N(C)C(=O)C(Cc2ccc(O)cc2)NC(=O)C(Cc2c[nH]c3ccccc23)NC(=O)CNC(=O)C(CO)NC(=O)C(Cc2ccc(O)cc2)NC(=O)C(C(C)C)NC1=O. The average Bonchev–Trinajstić information content (AvgIpc) is 1.67. The minimum atomic E-state index is -1.82. The average molecular weight is 1670 g/mol. The maximum Gasteiger partial charge on any atom is 0.245 e. The number of carbonyl (C=O) groups excluding carboxylic acids is 14. The number of aliphatic hydroxyl groups excluding tert-OH is 1. The molecule has 11 unspecified atom stereocenters. The van der Waals surface area contributed by atoms with Gasteiger partial charge in [-0.15, -0.1) is 11.8 Å². The summed E-state index contributed by atoms with van der Waals surface area (Å²) in [5, 5.41) is 74.0. The molecule has 1 fully saturated rings. The number of nitrogens with one attached hydrogen (secondary N) is 13. The van der Waals surface area contributed by atoms with E-state index in [1.54, 1.807) is 133 Å². The van der Waals surface area contributed by atoms with E-state index in [2.05, 4.69) is 68.8 Å². The fourth-order valence-corrected chi connectivity index (χ4v) is 14.3. The number of nitrogens with two attached hydrogens (primary N) is 1. The van der Waals surface area contributed by atoms with Crippen molar-refractivity contribution >= 4 is 105 Å². The Hall–Kier alpha value is -12.9. The molecule has 7 aromatic rings. The number of thioether (sulfide) groups is 1. The standard InChI is InChI=1S/C86H107N15O18S/c1-48(2)34-62-78(111)99-70(77(110)89-43-72(87)106)46-120-47-74(108)92-64(36-51-16-10-8-11-17-51)79(112)94-65(37-53-22-28-57(103)29-23-53)80(113)93-63(35-49(3)4)83(116)100-75(50(5)6)85(118)96-66(38-54-24-30-58(104)31-25-54)81(114)98-69(45-102)76(109)90-44-73(107)91-67(41-56-42-88-61-21-15-14-20-60(56)61)82(115)97-68(39-55-26-32-59(105)33-27-55)86(119)101(7)71(84(117)95-62)40-52-18-12-9-13-19-52/h8-33,42,48-50,62-71,75,88,102-105H,34-41,43-47H2,1-7H3,(H2,87,106)(H,89,110)(H,90,109)(H,91,107)(H,92,108)(H,93,113)(H,94,112)(H,95,117)(H,96,118)(H,97,115)(H,98,114)(H,99,111)(H,100,116). The number of phenolic OH excluding ortho intramolecular Hbond substituents is 3. The van der Waals surface area contributed by atoms with E-state index in [0.717, 1.165) is 16.7 Å². The van der Waals surface area contributed by atoms with Gasteiger partial charge in [-0.2, -0.15) is 0 Å². The minimum Gasteiger partial charge on any atom is -0.508 e. The Morgan fingerprint density at radius 1 is 0.450 bits per heavy atom. The van der Waals surface area contributed by atoms with Crippen LogP contribution in [0.15, 0.2) is 164 Å². The number of fused-ring (bicyclic) bond motifs is 1. The highest BCUT2D eigenvalue weighted by molar-refractivity contribution is 8.00. The smallest absolute Gasteiger partial charge is 0.245 e. The quantitative estimate of drug-likeness (QED) is 0.0476. The van der Waals surface area contributed by atoms with Crippen molar-refractivity contribution in [2.75, 3.05) is 38.2 Å². The second kappa shape index (κ2) is 45.2. The molecule has 0 aliphatic carbocycles. The van der Waals surface area contributed by atoms with Gasteiger partial charge in [-0.1, -0.05) is 157 Å². The van der Waals surface area contributed by atoms with Gasteiger partial charge in [0.15, 0.2) is 0 Å². The first-order valence-corrected chi connectivity index (χ1v) is 40.6. The fourth-order valence-electron chi connectivity index (χ4n) is 13.5. The van der Waals surface area contributed by atoms with E-state index in [4.69, 9.17) is 5.73 Å². The Morgan fingerprint density at radius 3 is 1.36 bits per heavy atom. The van der Waals surface area contributed by atoms with E-state index >= 15 is 19.2 Å². The van der Waals surface area contributed by atoms with Crippen LogP contribution in [0.25, 0.3) is 10.9 Å². The van der Waals surface area contributed by atoms with Crippen LogP contribution in [0.1, 0.15) is 87.8 Å². The van der Waals surface area contributed by atoms with E-state index in [-0.39, 0.29) is 86.2 Å². The highest BCUT2D eigenvalue weighted by Crippen LogP contribution is 2.23. The summed E-state index contributed by atoms with van der Waals surface area (Å²) >= 11 is 0.827. The Labute approximate surface area is 698 Å². The topological polar surface area (TPSA) is 509 Å². The van der Waals surface area contributed by atoms with Crippen molar-refractivity contribution in [3.63, 3.8) is 0 Å². The maximum absolute atomic E-state index is 15.6. The first-order valence-electron chi connectivity index (χ1n) is 39.5. The molecular formula is C86H107N15O18S. The van der Waals surface area contributed by atoms with E-state index in [1.165, 1.54) is 79.8 Å². The second-order valence-electron chi connectivity index (χ2n) is 30.8. The molecule has 0 saturated carbocycles. The monoisotopic (exact) mass is 1670 g/mol. The summed E-state index contributed by atoms with van der Waals surface area (Å²) in [6.07, 6.45) is 0.0706. The van der Waals surface area contributed by atoms with Gasteiger partial charge in [-0.3, -0.25) is 67.1 Å². The van der Waals surface area contributed by atoms with Crippen LogP contribution in [0.3, 0.4) is 0 Å². The van der Waals surface area contributed by atoms with Crippen molar-refractivity contribution in [1.29, 1.82) is 0 Å². The van der Waals surface area contributed by atoms with Gasteiger partial charge >= 0.3 is 0 Å². The molecule has 14 amide bonds. The first-order chi connectivity index (χ1) is 57.2. The van der Waals surface area contributed by atoms with Crippen LogP contribution < -0.4 is 69.5 Å². The Bertz CT molecular complexity index is 4710. The number of carbonyl (C=O) groups is 14. The van der Waals surface area contributed by atoms with Crippen molar-refractivity contribution in [3.8, 4) is 17.2 Å². The molecule has 0 bridgehead atoms. The third-order valence-electron chi connectivity index (χ3n) is 19.8. The molecule has 6 aromatic carbocycles. The number of amides is 14. The number of hydrogen-bond acceptors (Lipinski definition) is 19. The van der Waals surface area contributed by atoms with Crippen LogP contribution in [0.2, 0.25) is 0 Å². The van der Waals surface area contributed by atoms with Gasteiger partial charge in [0.25, 0.3) is 0 Å². The number of aromatic nitrogens is 1. The molecule has 1 saturated heterocycles. The number of aromatic hydroxyl groups is 3. The molecule has 1 aromatic heterocycles. The summed E-state index contributed by atoms with van der Waals surface area (Å²) in [6, 6.07) is 24.2. The molecule has 120 heavy (non-hydrogen) atoms. The highest BCUT2D eigenvalue weighted by Gasteiger charge is 2.40. The van der Waals surface area contributed by atoms with Crippen molar-refractivity contribution in [2.24, 2.45) is 23.5 Å². The van der Waals surface area contributed by atoms with Gasteiger partial charge < -0.3 is 99.8 Å². The Kier molecular flexibility index (Phi) is 34.9. The summed E-state index contributed by atoms with van der Waals surface area (Å²) < 4.78 is 0. The zero-order valence-electron chi connectivity index (χ0n) is 67.8. The fraction of sp³-hybridized carbons (Fsp3) is 0.395. The van der Waals surface area contributed by atoms with E-state index in [0.29, 0.717) is 44.3 Å². The number of likely N-dealkylation sites (N-methyl/N-ethyl adjacent to an activating group) is 1. The molecule has 11 atom stereocenters. The van der Waals surface area contributed by atoms with Crippen LogP contribution in [0.5, 0.6) is 17.2 Å². The number of rotatable bonds is 21. The van der Waals surface area contributed by atoms with Gasteiger partial charge in [-0.05, 0) is 106 Å². The molecular weight excluding hydrogens is 1560 g/mol. The number of para-hydroxylation sites is 1. The predicted molar refractivity (Wildman–Crippen MR) is 447 cm³/mol. The van der Waals surface area contributed by atoms with Crippen LogP contribution >= 0.6 is 11.8 Å². The van der Waals surface area contributed by atoms with Crippen LogP contribution in [0, 0.1) is 17.8 Å². The molecule has 34 heteroatoms. The summed E-state index contributed by atoms with van der Waals surface area (Å²) in [6.45, 7) is 7.59. The number of hydrogen-bond donors (Lipinski definition) is 18. The van der Waals surface area contributed by atoms with Gasteiger partial charge in [0, 0.05) is 68.4 Å². The third-order valence-corrected chi connectivity index (χ3v) is 20.9. The molecule has 0 spiro atoms. The van der Waals surface area contributed by atoms with Crippen molar-refractivity contribution in [3.05, 3.63) is 197 Å². The lowest BCUT2D eigenvalue weighted by atomic mass is 9.98. The lowest BCUT2D eigenvalue weighted by molar-refractivity contribution is -0.143. The molecule has 19 N–H and O–H groups in total. The molecule has 2 heterocycles. The number of benzene rings is 6. The molecule has 1 aliphatic rings. The van der Waals surface area contributed by atoms with E-state index in [9.17, 15) is 68.4 Å². The number of H-pyrrole nitrogens is 1. The molecule has 8 rings (SSSR count). The molecule has 640 valence electrons. The Morgan fingerprint density at radius 2 is 0.858 bits per heavy atom. The minimum absolute atomic E-state index is 0.0429. The largest absolute Gasteiger partial charge is 0.508 e. The molecule has 1 aliphatic heterocycles. The number of primary amides is 1. The van der Waals surface area contributed by atoms with Crippen molar-refractivity contribution < 1.29 is 87.5 Å². The number of aromatic amines is 1. The summed E-state index contributed by atoms with van der Waals surface area (Å²) in [5.74, 6) is -15.6. The predicted octanol–water partition coefficient (Wildman–Crippen LogP) is 0.921. The van der Waals surface area contributed by atoms with E-state index < -0.39 is 181 Å². The summed E-state index contributed by atoms with van der Waals surface area (Å²) in [4.78, 5) is 209. The third kappa shape index (κ3) is 28.8. The lowest BCUT2D eigenvalue weighted by Gasteiger charge is -2.33. The van der Waals surface area contributed by atoms with Crippen LogP contribution in [-0.4, -0.2) is 218 Å². The van der Waals surface area contributed by atoms with E-state index in [1.807, 2.05) is 0 Å². The van der Waals surface area contributed by atoms with Crippen LogP contribution in [-0.2, 0) is 106 Å². The number of nitrogens with zero attached hydrogens (tertiary/aromatic N) is 1. The molecule has 0 radical (unpaired) electrons. The van der Waals surface area contributed by atoms with Crippen molar-refractivity contribution in [2.45, 2.75) is 159 Å². The lowest BCUT2D eigenvalue weighted by Crippen LogP contribution is -2.61. The van der Waals surface area contributed by atoms with Crippen molar-refractivity contribution in [1.82, 2.24) is 73.7 Å². The van der Waals surface area contributed by atoms with Gasteiger partial charge in [0.05, 0.1) is 25.4 Å². The van der Waals surface area contributed by atoms with Crippen LogP contribution in [0.4, 0.5) is 0 Å². The summed E-state index contributed by atoms with van der Waals surface area (Å²) in [5.41, 5.74) is 8.94. The number of aliphatic hydroxyl groups is 1. The number of phenols is 3. The maximum atomic E-state index is 15.6. The second-order valence-corrected chi connectivity index (χ2v) is 31.8. The van der Waals surface area contributed by atoms with Gasteiger partial charge in [-0.25, -0.2) is 0 Å².